The molecule has 1 aliphatic heterocycles. The van der Waals surface area contributed by atoms with Gasteiger partial charge in [-0.1, -0.05) is 183 Å². The van der Waals surface area contributed by atoms with Crippen molar-refractivity contribution in [1.82, 2.24) is 9.80 Å². The standard InChI is InChI=1S/C46H46N2P2/c1-47-41-31-17-18-32-42(41)48(2)46(40-30-16-20-34-44(40)50(37-25-11-5-12-26-37)38-27-13-6-14-28-38)45(47)39-29-15-19-33-43(39)49(35-21-7-3-8-22-35)36-23-9-4-10-24-36/h3-16,19-30,33-34,41-42,45-46H,17-18,31-32H2,1-2H3/t41?,42?,45-,46-/m0/s1. The Morgan fingerprint density at radius 1 is 0.380 bits per heavy atom. The summed E-state index contributed by atoms with van der Waals surface area (Å²) in [5.74, 6) is 0. The number of nitrogens with zero attached hydrogens (tertiary/aromatic N) is 2. The summed E-state index contributed by atoms with van der Waals surface area (Å²) in [6.45, 7) is 0. The molecule has 4 atom stereocenters. The Hall–Kier alpha value is -3.90. The van der Waals surface area contributed by atoms with Crippen LogP contribution in [0, 0.1) is 0 Å². The third-order valence-electron chi connectivity index (χ3n) is 11.0. The van der Waals surface area contributed by atoms with Gasteiger partial charge in [-0.2, -0.15) is 0 Å². The predicted octanol–water partition coefficient (Wildman–Crippen LogP) is 8.17. The number of rotatable bonds is 8. The van der Waals surface area contributed by atoms with Gasteiger partial charge in [-0.25, -0.2) is 0 Å². The molecule has 0 aromatic heterocycles. The highest BCUT2D eigenvalue weighted by molar-refractivity contribution is 7.80. The Bertz CT molecular complexity index is 1760. The molecule has 8 rings (SSSR count). The van der Waals surface area contributed by atoms with Gasteiger partial charge >= 0.3 is 0 Å². The minimum Gasteiger partial charge on any atom is -0.293 e. The van der Waals surface area contributed by atoms with E-state index >= 15 is 0 Å². The lowest BCUT2D eigenvalue weighted by Gasteiger charge is -2.56. The van der Waals surface area contributed by atoms with E-state index in [1.54, 1.807) is 0 Å². The van der Waals surface area contributed by atoms with Gasteiger partial charge < -0.3 is 0 Å². The van der Waals surface area contributed by atoms with Crippen molar-refractivity contribution in [3.63, 3.8) is 0 Å². The van der Waals surface area contributed by atoms with Crippen molar-refractivity contribution in [2.24, 2.45) is 0 Å². The minimum absolute atomic E-state index is 0.192. The molecule has 2 nitrogen and oxygen atoms in total. The summed E-state index contributed by atoms with van der Waals surface area (Å²) in [4.78, 5) is 5.61. The zero-order chi connectivity index (χ0) is 33.9. The molecule has 1 saturated carbocycles. The lowest BCUT2D eigenvalue weighted by atomic mass is 9.79. The molecule has 6 aromatic rings. The molecule has 1 heterocycles. The van der Waals surface area contributed by atoms with Crippen LogP contribution in [0.3, 0.4) is 0 Å². The number of hydrogen-bond acceptors (Lipinski definition) is 2. The highest BCUT2D eigenvalue weighted by Gasteiger charge is 2.48. The van der Waals surface area contributed by atoms with Crippen LogP contribution in [-0.2, 0) is 0 Å². The van der Waals surface area contributed by atoms with Gasteiger partial charge in [0.2, 0.25) is 0 Å². The highest BCUT2D eigenvalue weighted by Crippen LogP contribution is 2.50. The first kappa shape index (κ1) is 33.3. The van der Waals surface area contributed by atoms with Crippen LogP contribution in [0.2, 0.25) is 0 Å². The van der Waals surface area contributed by atoms with Gasteiger partial charge in [-0.3, -0.25) is 9.80 Å². The maximum atomic E-state index is 2.81. The van der Waals surface area contributed by atoms with Crippen LogP contribution < -0.4 is 31.8 Å². The zero-order valence-corrected chi connectivity index (χ0v) is 30.9. The highest BCUT2D eigenvalue weighted by atomic mass is 31.1. The number of hydrogen-bond donors (Lipinski definition) is 0. The van der Waals surface area contributed by atoms with Crippen LogP contribution in [0.1, 0.15) is 48.9 Å². The van der Waals surface area contributed by atoms with Crippen molar-refractivity contribution >= 4 is 47.7 Å². The number of fused-ring (bicyclic) bond motifs is 1. The molecule has 0 spiro atoms. The first-order chi connectivity index (χ1) is 24.7. The van der Waals surface area contributed by atoms with Crippen LogP contribution in [0.25, 0.3) is 0 Å². The van der Waals surface area contributed by atoms with E-state index in [0.717, 1.165) is 0 Å². The summed E-state index contributed by atoms with van der Waals surface area (Å²) >= 11 is 0. The molecule has 0 N–H and O–H groups in total. The van der Waals surface area contributed by atoms with E-state index in [1.165, 1.54) is 68.6 Å². The average Bonchev–Trinajstić information content (AvgIpc) is 3.19. The second kappa shape index (κ2) is 15.1. The van der Waals surface area contributed by atoms with Gasteiger partial charge in [0.25, 0.3) is 0 Å². The fraction of sp³-hybridized carbons (Fsp3) is 0.217. The van der Waals surface area contributed by atoms with E-state index in [0.29, 0.717) is 12.1 Å². The van der Waals surface area contributed by atoms with Crippen LogP contribution >= 0.6 is 15.8 Å². The van der Waals surface area contributed by atoms with Crippen LogP contribution in [0.15, 0.2) is 170 Å². The predicted molar refractivity (Wildman–Crippen MR) is 217 cm³/mol. The summed E-state index contributed by atoms with van der Waals surface area (Å²) in [6, 6.07) is 65.3. The third kappa shape index (κ3) is 6.40. The van der Waals surface area contributed by atoms with E-state index in [1.807, 2.05) is 0 Å². The molecule has 1 aliphatic carbocycles. The van der Waals surface area contributed by atoms with Crippen molar-refractivity contribution in [3.8, 4) is 0 Å². The van der Waals surface area contributed by atoms with E-state index in [9.17, 15) is 0 Å². The van der Waals surface area contributed by atoms with Crippen LogP contribution in [0.4, 0.5) is 0 Å². The Labute approximate surface area is 301 Å². The van der Waals surface area contributed by atoms with Gasteiger partial charge in [0.05, 0.1) is 12.1 Å². The lowest BCUT2D eigenvalue weighted by molar-refractivity contribution is -0.0572. The monoisotopic (exact) mass is 688 g/mol. The smallest absolute Gasteiger partial charge is 0.0552 e. The summed E-state index contributed by atoms with van der Waals surface area (Å²) in [7, 11) is 3.35. The largest absolute Gasteiger partial charge is 0.293 e. The fourth-order valence-corrected chi connectivity index (χ4v) is 13.7. The number of piperazine rings is 1. The van der Waals surface area contributed by atoms with Crippen molar-refractivity contribution < 1.29 is 0 Å². The second-order valence-corrected chi connectivity index (χ2v) is 18.1. The molecule has 1 saturated heterocycles. The molecule has 50 heavy (non-hydrogen) atoms. The van der Waals surface area contributed by atoms with Crippen molar-refractivity contribution in [2.75, 3.05) is 14.1 Å². The molecular formula is C46H46N2P2. The van der Waals surface area contributed by atoms with Gasteiger partial charge in [-0.05, 0) is 85.7 Å². The molecule has 2 aliphatic rings. The first-order valence-electron chi connectivity index (χ1n) is 18.1. The first-order valence-corrected chi connectivity index (χ1v) is 20.8. The molecule has 0 radical (unpaired) electrons. The van der Waals surface area contributed by atoms with E-state index in [2.05, 4.69) is 194 Å². The maximum Gasteiger partial charge on any atom is 0.0552 e. The van der Waals surface area contributed by atoms with E-state index in [4.69, 9.17) is 0 Å². The SMILES string of the molecule is CN1C2CCCCC2N(C)[C@@H](c2ccccc2P(c2ccccc2)c2ccccc2)[C@@H]1c1ccccc1P(c1ccccc1)c1ccccc1. The van der Waals surface area contributed by atoms with Gasteiger partial charge in [0.1, 0.15) is 0 Å². The summed E-state index contributed by atoms with van der Waals surface area (Å²) in [6.07, 6.45) is 5.13. The molecule has 2 fully saturated rings. The maximum absolute atomic E-state index is 2.81. The molecular weight excluding hydrogens is 642 g/mol. The van der Waals surface area contributed by atoms with Crippen LogP contribution in [0.5, 0.6) is 0 Å². The molecule has 4 heteroatoms. The van der Waals surface area contributed by atoms with Crippen molar-refractivity contribution in [3.05, 3.63) is 181 Å². The Balaban J connectivity index is 1.35. The zero-order valence-electron chi connectivity index (χ0n) is 29.1. The van der Waals surface area contributed by atoms with Crippen LogP contribution in [-0.4, -0.2) is 36.0 Å². The Morgan fingerprint density at radius 3 is 0.980 bits per heavy atom. The summed E-state index contributed by atoms with van der Waals surface area (Å²) < 4.78 is 0. The van der Waals surface area contributed by atoms with Crippen molar-refractivity contribution in [1.29, 1.82) is 0 Å². The summed E-state index contributed by atoms with van der Waals surface area (Å²) in [5, 5.41) is 8.54. The Kier molecular flexibility index (Phi) is 10.1. The summed E-state index contributed by atoms with van der Waals surface area (Å²) in [5.41, 5.74) is 2.93. The lowest BCUT2D eigenvalue weighted by Crippen LogP contribution is -2.61. The number of benzene rings is 6. The number of likely N-dealkylation sites (N-methyl/N-ethyl adjacent to an activating group) is 2. The van der Waals surface area contributed by atoms with Crippen molar-refractivity contribution in [2.45, 2.75) is 49.9 Å². The Morgan fingerprint density at radius 2 is 0.660 bits per heavy atom. The normalized spacial score (nSPS) is 21.3. The van der Waals surface area contributed by atoms with E-state index < -0.39 is 15.8 Å². The molecule has 0 bridgehead atoms. The third-order valence-corrected chi connectivity index (χ3v) is 16.0. The minimum atomic E-state index is -0.766. The molecule has 6 aromatic carbocycles. The fourth-order valence-electron chi connectivity index (χ4n) is 8.72. The average molecular weight is 689 g/mol. The van der Waals surface area contributed by atoms with E-state index in [-0.39, 0.29) is 12.1 Å². The molecule has 250 valence electrons. The topological polar surface area (TPSA) is 6.48 Å². The molecule has 0 amide bonds. The van der Waals surface area contributed by atoms with Gasteiger partial charge in [0, 0.05) is 12.1 Å². The quantitative estimate of drug-likeness (QED) is 0.149. The van der Waals surface area contributed by atoms with Gasteiger partial charge in [-0.15, -0.1) is 0 Å². The van der Waals surface area contributed by atoms with Gasteiger partial charge in [0.15, 0.2) is 0 Å². The second-order valence-electron chi connectivity index (χ2n) is 13.8. The molecule has 2 unspecified atom stereocenters.